The van der Waals surface area contributed by atoms with Gasteiger partial charge in [-0.1, -0.05) is 47.5 Å². The fourth-order valence-electron chi connectivity index (χ4n) is 4.41. The first-order valence-electron chi connectivity index (χ1n) is 11.2. The number of aryl methyl sites for hydroxylation is 1. The Bertz CT molecular complexity index is 1060. The van der Waals surface area contributed by atoms with E-state index in [2.05, 4.69) is 55.0 Å². The van der Waals surface area contributed by atoms with Crippen LogP contribution in [0.15, 0.2) is 54.6 Å². The Kier molecular flexibility index (Phi) is 6.85. The van der Waals surface area contributed by atoms with Crippen LogP contribution in [-0.2, 0) is 5.54 Å². The summed E-state index contributed by atoms with van der Waals surface area (Å²) in [5.74, 6) is 0.0414. The minimum absolute atomic E-state index is 0.0414. The summed E-state index contributed by atoms with van der Waals surface area (Å²) in [6.07, 6.45) is 0. The Balaban J connectivity index is 1.55. The van der Waals surface area contributed by atoms with Crippen molar-refractivity contribution in [3.63, 3.8) is 0 Å². The molecule has 0 saturated carbocycles. The largest absolute Gasteiger partial charge is 0.335 e. The van der Waals surface area contributed by atoms with Crippen LogP contribution in [0.25, 0.3) is 0 Å². The van der Waals surface area contributed by atoms with E-state index in [1.54, 1.807) is 0 Å². The maximum absolute atomic E-state index is 13.4. The van der Waals surface area contributed by atoms with Gasteiger partial charge in [0, 0.05) is 36.2 Å². The van der Waals surface area contributed by atoms with E-state index < -0.39 is 0 Å². The van der Waals surface area contributed by atoms with Gasteiger partial charge in [-0.05, 0) is 69.2 Å². The quantitative estimate of drug-likeness (QED) is 0.469. The van der Waals surface area contributed by atoms with Gasteiger partial charge in [0.2, 0.25) is 0 Å². The molecule has 0 atom stereocenters. The molecule has 0 bridgehead atoms. The number of carbonyl (C=O) groups is 1. The summed E-state index contributed by atoms with van der Waals surface area (Å²) in [5, 5.41) is 6.01. The van der Waals surface area contributed by atoms with E-state index in [1.165, 1.54) is 11.1 Å². The third-order valence-electron chi connectivity index (χ3n) is 6.02. The predicted octanol–water partition coefficient (Wildman–Crippen LogP) is 5.80. The number of hydrogen-bond donors (Lipinski definition) is 0. The number of amides is 1. The number of nitrogens with zero attached hydrogens (tertiary/aromatic N) is 4. The second-order valence-electron chi connectivity index (χ2n) is 9.59. The zero-order chi connectivity index (χ0) is 23.8. The standard InChI is InChI=1S/C26H30Cl2N4O/c1-18-17-23(32(29-18)26(2,3)4)25(33)31-15-13-30(14-16-31)24(19-5-9-21(27)10-6-19)20-7-11-22(28)12-8-20/h5-12,17,24H,13-16H2,1-4H3. The molecular weight excluding hydrogens is 455 g/mol. The molecule has 1 aliphatic heterocycles. The summed E-state index contributed by atoms with van der Waals surface area (Å²) in [5.41, 5.74) is 3.60. The summed E-state index contributed by atoms with van der Waals surface area (Å²) in [7, 11) is 0. The normalized spacial score (nSPS) is 15.3. The van der Waals surface area contributed by atoms with Crippen LogP contribution in [0, 0.1) is 6.92 Å². The molecule has 1 fully saturated rings. The Morgan fingerprint density at radius 2 is 1.36 bits per heavy atom. The van der Waals surface area contributed by atoms with Crippen LogP contribution in [-0.4, -0.2) is 51.7 Å². The lowest BCUT2D eigenvalue weighted by Crippen LogP contribution is -2.50. The third kappa shape index (κ3) is 5.26. The van der Waals surface area contributed by atoms with Crippen LogP contribution in [0.1, 0.15) is 54.1 Å². The Morgan fingerprint density at radius 3 is 1.82 bits per heavy atom. The molecule has 2 heterocycles. The highest BCUT2D eigenvalue weighted by molar-refractivity contribution is 6.30. The molecule has 1 aromatic heterocycles. The number of rotatable bonds is 4. The van der Waals surface area contributed by atoms with Gasteiger partial charge in [-0.15, -0.1) is 0 Å². The molecule has 0 N–H and O–H groups in total. The summed E-state index contributed by atoms with van der Waals surface area (Å²) >= 11 is 12.3. The first-order valence-corrected chi connectivity index (χ1v) is 12.0. The minimum atomic E-state index is -0.255. The number of piperazine rings is 1. The Morgan fingerprint density at radius 1 is 0.879 bits per heavy atom. The molecule has 0 aliphatic carbocycles. The second kappa shape index (κ2) is 9.49. The molecule has 4 rings (SSSR count). The van der Waals surface area contributed by atoms with Gasteiger partial charge in [-0.2, -0.15) is 5.10 Å². The Hall–Kier alpha value is -2.34. The van der Waals surface area contributed by atoms with Gasteiger partial charge in [0.1, 0.15) is 5.69 Å². The molecule has 0 spiro atoms. The Labute approximate surface area is 205 Å². The van der Waals surface area contributed by atoms with Crippen LogP contribution in [0.2, 0.25) is 10.0 Å². The maximum Gasteiger partial charge on any atom is 0.272 e. The van der Waals surface area contributed by atoms with Crippen LogP contribution < -0.4 is 0 Å². The van der Waals surface area contributed by atoms with E-state index >= 15 is 0 Å². The summed E-state index contributed by atoms with van der Waals surface area (Å²) in [4.78, 5) is 17.7. The molecule has 1 amide bonds. The molecule has 174 valence electrons. The van der Waals surface area contributed by atoms with Gasteiger partial charge in [0.15, 0.2) is 0 Å². The topological polar surface area (TPSA) is 41.4 Å². The fraction of sp³-hybridized carbons (Fsp3) is 0.385. The van der Waals surface area contributed by atoms with E-state index in [-0.39, 0.29) is 17.5 Å². The zero-order valence-electron chi connectivity index (χ0n) is 19.6. The third-order valence-corrected chi connectivity index (χ3v) is 6.53. The lowest BCUT2D eigenvalue weighted by atomic mass is 9.96. The van der Waals surface area contributed by atoms with Crippen LogP contribution in [0.4, 0.5) is 0 Å². The number of benzene rings is 2. The second-order valence-corrected chi connectivity index (χ2v) is 10.5. The SMILES string of the molecule is Cc1cc(C(=O)N2CCN(C(c3ccc(Cl)cc3)c3ccc(Cl)cc3)CC2)n(C(C)(C)C)n1. The molecule has 33 heavy (non-hydrogen) atoms. The molecular formula is C26H30Cl2N4O. The van der Waals surface area contributed by atoms with Crippen molar-refractivity contribution >= 4 is 29.1 Å². The fourth-order valence-corrected chi connectivity index (χ4v) is 4.66. The maximum atomic E-state index is 13.4. The van der Waals surface area contributed by atoms with Crippen molar-refractivity contribution in [1.82, 2.24) is 19.6 Å². The van der Waals surface area contributed by atoms with Crippen molar-refractivity contribution in [1.29, 1.82) is 0 Å². The van der Waals surface area contributed by atoms with E-state index in [0.717, 1.165) is 28.8 Å². The van der Waals surface area contributed by atoms with Crippen molar-refractivity contribution in [3.8, 4) is 0 Å². The molecule has 3 aromatic rings. The van der Waals surface area contributed by atoms with Crippen molar-refractivity contribution in [2.24, 2.45) is 0 Å². The van der Waals surface area contributed by atoms with E-state index in [9.17, 15) is 4.79 Å². The molecule has 1 saturated heterocycles. The first-order chi connectivity index (χ1) is 15.6. The van der Waals surface area contributed by atoms with Crippen molar-refractivity contribution in [3.05, 3.63) is 87.2 Å². The summed E-state index contributed by atoms with van der Waals surface area (Å²) in [6, 6.07) is 18.0. The van der Waals surface area contributed by atoms with Crippen molar-refractivity contribution < 1.29 is 4.79 Å². The van der Waals surface area contributed by atoms with Gasteiger partial charge in [-0.3, -0.25) is 14.4 Å². The molecule has 5 nitrogen and oxygen atoms in total. The average molecular weight is 485 g/mol. The highest BCUT2D eigenvalue weighted by Crippen LogP contribution is 2.31. The molecule has 7 heteroatoms. The smallest absolute Gasteiger partial charge is 0.272 e. The van der Waals surface area contributed by atoms with Crippen LogP contribution in [0.3, 0.4) is 0 Å². The molecule has 0 unspecified atom stereocenters. The van der Waals surface area contributed by atoms with E-state index in [4.69, 9.17) is 23.2 Å². The first kappa shape index (κ1) is 23.8. The van der Waals surface area contributed by atoms with Crippen molar-refractivity contribution in [2.45, 2.75) is 39.3 Å². The van der Waals surface area contributed by atoms with Crippen molar-refractivity contribution in [2.75, 3.05) is 26.2 Å². The summed E-state index contributed by atoms with van der Waals surface area (Å²) in [6.45, 7) is 11.0. The number of carbonyl (C=O) groups excluding carboxylic acids is 1. The monoisotopic (exact) mass is 484 g/mol. The molecule has 1 aliphatic rings. The molecule has 2 aromatic carbocycles. The van der Waals surface area contributed by atoms with Gasteiger partial charge in [0.05, 0.1) is 17.3 Å². The zero-order valence-corrected chi connectivity index (χ0v) is 21.1. The van der Waals surface area contributed by atoms with E-state index in [0.29, 0.717) is 18.8 Å². The lowest BCUT2D eigenvalue weighted by molar-refractivity contribution is 0.0578. The average Bonchev–Trinajstić information content (AvgIpc) is 3.19. The van der Waals surface area contributed by atoms with E-state index in [1.807, 2.05) is 46.8 Å². The van der Waals surface area contributed by atoms with Gasteiger partial charge in [0.25, 0.3) is 5.91 Å². The van der Waals surface area contributed by atoms with Crippen LogP contribution >= 0.6 is 23.2 Å². The minimum Gasteiger partial charge on any atom is -0.335 e. The molecule has 0 radical (unpaired) electrons. The highest BCUT2D eigenvalue weighted by atomic mass is 35.5. The highest BCUT2D eigenvalue weighted by Gasteiger charge is 2.31. The van der Waals surface area contributed by atoms with Gasteiger partial charge >= 0.3 is 0 Å². The number of halogens is 2. The summed E-state index contributed by atoms with van der Waals surface area (Å²) < 4.78 is 1.85. The van der Waals surface area contributed by atoms with Gasteiger partial charge in [-0.25, -0.2) is 0 Å². The van der Waals surface area contributed by atoms with Gasteiger partial charge < -0.3 is 4.90 Å². The number of aromatic nitrogens is 2. The predicted molar refractivity (Wildman–Crippen MR) is 134 cm³/mol. The van der Waals surface area contributed by atoms with Crippen LogP contribution in [0.5, 0.6) is 0 Å². The number of hydrogen-bond acceptors (Lipinski definition) is 3. The lowest BCUT2D eigenvalue weighted by Gasteiger charge is -2.40.